The minimum atomic E-state index is -3.64. The van der Waals surface area contributed by atoms with Crippen LogP contribution in [0.2, 0.25) is 0 Å². The largest absolute Gasteiger partial charge is 0.330 e. The highest BCUT2D eigenvalue weighted by atomic mass is 32.2. The Balaban J connectivity index is 2.26. The minimum Gasteiger partial charge on any atom is -0.330 e. The lowest BCUT2D eigenvalue weighted by atomic mass is 9.85. The van der Waals surface area contributed by atoms with Gasteiger partial charge < -0.3 is 5.73 Å². The molecule has 1 aliphatic carbocycles. The Morgan fingerprint density at radius 3 is 2.38 bits per heavy atom. The molecule has 2 rings (SSSR count). The Morgan fingerprint density at radius 1 is 1.24 bits per heavy atom. The van der Waals surface area contributed by atoms with Crippen LogP contribution in [0.3, 0.4) is 0 Å². The van der Waals surface area contributed by atoms with E-state index in [9.17, 15) is 12.8 Å². The summed E-state index contributed by atoms with van der Waals surface area (Å²) in [6, 6.07) is 2.63. The maximum atomic E-state index is 13.6. The summed E-state index contributed by atoms with van der Waals surface area (Å²) >= 11 is 0. The summed E-state index contributed by atoms with van der Waals surface area (Å²) in [5.41, 5.74) is 6.42. The van der Waals surface area contributed by atoms with Crippen LogP contribution >= 0.6 is 0 Å². The van der Waals surface area contributed by atoms with Crippen molar-refractivity contribution in [1.82, 2.24) is 4.72 Å². The first-order valence-corrected chi connectivity index (χ1v) is 8.82. The van der Waals surface area contributed by atoms with Gasteiger partial charge in [-0.3, -0.25) is 0 Å². The van der Waals surface area contributed by atoms with Crippen LogP contribution in [0.25, 0.3) is 0 Å². The maximum absolute atomic E-state index is 13.6. The third-order valence-electron chi connectivity index (χ3n) is 4.24. The van der Waals surface area contributed by atoms with Gasteiger partial charge in [-0.2, -0.15) is 0 Å². The van der Waals surface area contributed by atoms with Crippen molar-refractivity contribution in [2.24, 2.45) is 11.7 Å². The van der Waals surface area contributed by atoms with Crippen molar-refractivity contribution in [2.75, 3.05) is 6.54 Å². The van der Waals surface area contributed by atoms with E-state index in [0.717, 1.165) is 25.7 Å². The fourth-order valence-electron chi connectivity index (χ4n) is 2.97. The molecular formula is C15H23FN2O2S. The fraction of sp³-hybridized carbons (Fsp3) is 0.600. The van der Waals surface area contributed by atoms with Crippen molar-refractivity contribution in [3.63, 3.8) is 0 Å². The van der Waals surface area contributed by atoms with E-state index >= 15 is 0 Å². The lowest BCUT2D eigenvalue weighted by Gasteiger charge is -2.31. The number of hydrogen-bond donors (Lipinski definition) is 2. The van der Waals surface area contributed by atoms with Crippen LogP contribution in [-0.4, -0.2) is 21.0 Å². The normalized spacial score (nSPS) is 23.2. The summed E-state index contributed by atoms with van der Waals surface area (Å²) in [6.07, 6.45) is 3.85. The highest BCUT2D eigenvalue weighted by molar-refractivity contribution is 7.89. The monoisotopic (exact) mass is 314 g/mol. The molecule has 0 saturated heterocycles. The number of nitrogens with one attached hydrogen (secondary N) is 1. The van der Waals surface area contributed by atoms with Gasteiger partial charge in [-0.25, -0.2) is 17.5 Å². The molecule has 3 N–H and O–H groups in total. The number of rotatable bonds is 4. The van der Waals surface area contributed by atoms with E-state index in [1.54, 1.807) is 13.8 Å². The molecule has 0 amide bonds. The summed E-state index contributed by atoms with van der Waals surface area (Å²) in [6.45, 7) is 3.63. The first-order chi connectivity index (χ1) is 9.85. The third-order valence-corrected chi connectivity index (χ3v) is 5.71. The van der Waals surface area contributed by atoms with Crippen LogP contribution in [-0.2, 0) is 10.0 Å². The molecule has 2 unspecified atom stereocenters. The molecule has 0 aliphatic heterocycles. The van der Waals surface area contributed by atoms with Crippen LogP contribution < -0.4 is 10.5 Å². The molecule has 0 bridgehead atoms. The molecule has 1 saturated carbocycles. The molecule has 0 radical (unpaired) electrons. The van der Waals surface area contributed by atoms with E-state index in [4.69, 9.17) is 5.73 Å². The van der Waals surface area contributed by atoms with E-state index < -0.39 is 10.0 Å². The lowest BCUT2D eigenvalue weighted by Crippen LogP contribution is -2.44. The van der Waals surface area contributed by atoms with Crippen molar-refractivity contribution in [3.05, 3.63) is 29.1 Å². The van der Waals surface area contributed by atoms with Gasteiger partial charge in [-0.05, 0) is 62.4 Å². The Kier molecular flexibility index (Phi) is 5.01. The van der Waals surface area contributed by atoms with Crippen molar-refractivity contribution in [2.45, 2.75) is 50.5 Å². The number of benzene rings is 1. The maximum Gasteiger partial charge on any atom is 0.240 e. The Morgan fingerprint density at radius 2 is 1.81 bits per heavy atom. The number of hydrogen-bond acceptors (Lipinski definition) is 3. The zero-order valence-electron chi connectivity index (χ0n) is 12.5. The lowest BCUT2D eigenvalue weighted by molar-refractivity contribution is 0.296. The van der Waals surface area contributed by atoms with E-state index in [1.807, 2.05) is 0 Å². The van der Waals surface area contributed by atoms with Crippen LogP contribution in [0.15, 0.2) is 17.0 Å². The van der Waals surface area contributed by atoms with Gasteiger partial charge in [0.2, 0.25) is 10.0 Å². The van der Waals surface area contributed by atoms with Gasteiger partial charge in [0.1, 0.15) is 5.82 Å². The second-order valence-electron chi connectivity index (χ2n) is 5.88. The van der Waals surface area contributed by atoms with Crippen molar-refractivity contribution < 1.29 is 12.8 Å². The summed E-state index contributed by atoms with van der Waals surface area (Å²) in [4.78, 5) is 0.125. The first kappa shape index (κ1) is 16.4. The Hall–Kier alpha value is -0.980. The summed E-state index contributed by atoms with van der Waals surface area (Å²) < 4.78 is 41.4. The number of aryl methyl sites for hydroxylation is 2. The van der Waals surface area contributed by atoms with Crippen molar-refractivity contribution >= 4 is 10.0 Å². The van der Waals surface area contributed by atoms with Gasteiger partial charge in [0.15, 0.2) is 0 Å². The molecule has 0 spiro atoms. The van der Waals surface area contributed by atoms with Gasteiger partial charge >= 0.3 is 0 Å². The second-order valence-corrected chi connectivity index (χ2v) is 7.59. The summed E-state index contributed by atoms with van der Waals surface area (Å²) in [7, 11) is -3.64. The van der Waals surface area contributed by atoms with Gasteiger partial charge in [0.25, 0.3) is 0 Å². The molecule has 2 atom stereocenters. The molecule has 118 valence electrons. The van der Waals surface area contributed by atoms with Gasteiger partial charge in [0, 0.05) is 6.04 Å². The molecule has 1 aromatic carbocycles. The predicted octanol–water partition coefficient (Wildman–Crippen LogP) is 2.24. The number of halogens is 1. The average molecular weight is 314 g/mol. The molecule has 4 nitrogen and oxygen atoms in total. The van der Waals surface area contributed by atoms with E-state index in [-0.39, 0.29) is 22.7 Å². The molecule has 1 aromatic rings. The molecule has 0 aromatic heterocycles. The first-order valence-electron chi connectivity index (χ1n) is 7.34. The summed E-state index contributed by atoms with van der Waals surface area (Å²) in [5, 5.41) is 0. The topological polar surface area (TPSA) is 72.2 Å². The van der Waals surface area contributed by atoms with E-state index in [2.05, 4.69) is 4.72 Å². The third kappa shape index (κ3) is 3.62. The highest BCUT2D eigenvalue weighted by Gasteiger charge is 2.29. The van der Waals surface area contributed by atoms with E-state index in [0.29, 0.717) is 17.7 Å². The SMILES string of the molecule is Cc1cc(S(=O)(=O)NC2CCCCC2CN)cc(C)c1F. The zero-order valence-corrected chi connectivity index (χ0v) is 13.3. The van der Waals surface area contributed by atoms with Gasteiger partial charge in [0.05, 0.1) is 4.90 Å². The Labute approximate surface area is 126 Å². The molecule has 6 heteroatoms. The quantitative estimate of drug-likeness (QED) is 0.895. The number of nitrogens with two attached hydrogens (primary N) is 1. The van der Waals surface area contributed by atoms with Crippen molar-refractivity contribution in [3.8, 4) is 0 Å². The fourth-order valence-corrected chi connectivity index (χ4v) is 4.48. The van der Waals surface area contributed by atoms with Crippen molar-refractivity contribution in [1.29, 1.82) is 0 Å². The number of sulfonamides is 1. The average Bonchev–Trinajstić information content (AvgIpc) is 2.44. The predicted molar refractivity (Wildman–Crippen MR) is 81.0 cm³/mol. The van der Waals surface area contributed by atoms with Crippen LogP contribution in [0.5, 0.6) is 0 Å². The van der Waals surface area contributed by atoms with Gasteiger partial charge in [-0.15, -0.1) is 0 Å². The van der Waals surface area contributed by atoms with Crippen LogP contribution in [0.4, 0.5) is 4.39 Å². The molecular weight excluding hydrogens is 291 g/mol. The summed E-state index contributed by atoms with van der Waals surface area (Å²) in [5.74, 6) is -0.178. The minimum absolute atomic E-state index is 0.125. The Bertz CT molecular complexity index is 593. The molecule has 21 heavy (non-hydrogen) atoms. The smallest absolute Gasteiger partial charge is 0.240 e. The van der Waals surface area contributed by atoms with Crippen LogP contribution in [0.1, 0.15) is 36.8 Å². The molecule has 1 fully saturated rings. The zero-order chi connectivity index (χ0) is 15.6. The van der Waals surface area contributed by atoms with Gasteiger partial charge in [-0.1, -0.05) is 12.8 Å². The molecule has 1 aliphatic rings. The van der Waals surface area contributed by atoms with Crippen LogP contribution in [0, 0.1) is 25.6 Å². The second kappa shape index (κ2) is 6.42. The standard InChI is InChI=1S/C15H23FN2O2S/c1-10-7-13(8-11(2)15(10)16)21(19,20)18-14-6-4-3-5-12(14)9-17/h7-8,12,14,18H,3-6,9,17H2,1-2H3. The highest BCUT2D eigenvalue weighted by Crippen LogP contribution is 2.26. The van der Waals surface area contributed by atoms with E-state index in [1.165, 1.54) is 12.1 Å². The molecule has 0 heterocycles.